The van der Waals surface area contributed by atoms with Gasteiger partial charge in [-0.3, -0.25) is 4.98 Å². The highest BCUT2D eigenvalue weighted by atomic mass is 16.3. The molecule has 0 aliphatic carbocycles. The zero-order valence-electron chi connectivity index (χ0n) is 14.0. The van der Waals surface area contributed by atoms with E-state index in [-0.39, 0.29) is 6.61 Å². The van der Waals surface area contributed by atoms with Gasteiger partial charge in [0.2, 0.25) is 0 Å². The minimum Gasteiger partial charge on any atom is -0.392 e. The molecule has 0 radical (unpaired) electrons. The number of pyridine rings is 1. The summed E-state index contributed by atoms with van der Waals surface area (Å²) in [6.45, 7) is 5.03. The van der Waals surface area contributed by atoms with Gasteiger partial charge in [0.1, 0.15) is 0 Å². The first kappa shape index (κ1) is 15.4. The van der Waals surface area contributed by atoms with Gasteiger partial charge in [0, 0.05) is 54.5 Å². The molecule has 1 aliphatic rings. The molecule has 2 aromatic heterocycles. The number of aromatic nitrogens is 2. The van der Waals surface area contributed by atoms with E-state index in [0.717, 1.165) is 43.7 Å². The van der Waals surface area contributed by atoms with Crippen molar-refractivity contribution >= 4 is 10.9 Å². The van der Waals surface area contributed by atoms with Crippen LogP contribution in [-0.4, -0.2) is 21.2 Å². The second kappa shape index (κ2) is 6.38. The SMILES string of the molecule is Cc1ccc(CCn2c3c(c4cc(CO)ccc42)CNCC3)cn1. The van der Waals surface area contributed by atoms with Gasteiger partial charge < -0.3 is 15.0 Å². The van der Waals surface area contributed by atoms with E-state index in [4.69, 9.17) is 0 Å². The van der Waals surface area contributed by atoms with Gasteiger partial charge in [0.15, 0.2) is 0 Å². The molecule has 0 atom stereocenters. The van der Waals surface area contributed by atoms with Crippen molar-refractivity contribution in [2.45, 2.75) is 39.5 Å². The zero-order valence-corrected chi connectivity index (χ0v) is 14.0. The van der Waals surface area contributed by atoms with E-state index >= 15 is 0 Å². The first-order chi connectivity index (χ1) is 11.8. The molecule has 4 rings (SSSR count). The van der Waals surface area contributed by atoms with Crippen LogP contribution in [0, 0.1) is 6.92 Å². The van der Waals surface area contributed by atoms with Crippen LogP contribution in [0.3, 0.4) is 0 Å². The van der Waals surface area contributed by atoms with E-state index in [9.17, 15) is 5.11 Å². The smallest absolute Gasteiger partial charge is 0.0682 e. The van der Waals surface area contributed by atoms with Crippen molar-refractivity contribution < 1.29 is 5.11 Å². The molecule has 1 aromatic carbocycles. The van der Waals surface area contributed by atoms with Crippen LogP contribution in [0.5, 0.6) is 0 Å². The van der Waals surface area contributed by atoms with Gasteiger partial charge in [-0.25, -0.2) is 0 Å². The van der Waals surface area contributed by atoms with Gasteiger partial charge >= 0.3 is 0 Å². The van der Waals surface area contributed by atoms with Crippen LogP contribution in [0.1, 0.15) is 28.1 Å². The van der Waals surface area contributed by atoms with E-state index < -0.39 is 0 Å². The van der Waals surface area contributed by atoms with Crippen molar-refractivity contribution in [2.24, 2.45) is 0 Å². The molecule has 3 aromatic rings. The number of hydrogen-bond donors (Lipinski definition) is 2. The third-order valence-corrected chi connectivity index (χ3v) is 4.97. The summed E-state index contributed by atoms with van der Waals surface area (Å²) in [5.41, 5.74) is 7.44. The first-order valence-electron chi connectivity index (χ1n) is 8.62. The van der Waals surface area contributed by atoms with Crippen LogP contribution in [0.25, 0.3) is 10.9 Å². The fraction of sp³-hybridized carbons (Fsp3) is 0.350. The van der Waals surface area contributed by atoms with Crippen molar-refractivity contribution in [2.75, 3.05) is 6.54 Å². The highest BCUT2D eigenvalue weighted by Crippen LogP contribution is 2.30. The summed E-state index contributed by atoms with van der Waals surface area (Å²) in [4.78, 5) is 4.40. The summed E-state index contributed by atoms with van der Waals surface area (Å²) in [6, 6.07) is 10.6. The second-order valence-corrected chi connectivity index (χ2v) is 6.57. The van der Waals surface area contributed by atoms with E-state index in [1.807, 2.05) is 19.2 Å². The maximum atomic E-state index is 9.45. The highest BCUT2D eigenvalue weighted by molar-refractivity contribution is 5.86. The van der Waals surface area contributed by atoms with Gasteiger partial charge in [-0.2, -0.15) is 0 Å². The largest absolute Gasteiger partial charge is 0.392 e. The minimum atomic E-state index is 0.0956. The summed E-state index contributed by atoms with van der Waals surface area (Å²) < 4.78 is 2.46. The predicted octanol–water partition coefficient (Wildman–Crippen LogP) is 2.73. The Bertz CT molecular complexity index is 865. The highest BCUT2D eigenvalue weighted by Gasteiger charge is 2.19. The lowest BCUT2D eigenvalue weighted by Crippen LogP contribution is -2.24. The minimum absolute atomic E-state index is 0.0956. The first-order valence-corrected chi connectivity index (χ1v) is 8.62. The molecular formula is C20H23N3O. The quantitative estimate of drug-likeness (QED) is 0.777. The number of benzene rings is 1. The Morgan fingerprint density at radius 3 is 2.88 bits per heavy atom. The van der Waals surface area contributed by atoms with Crippen molar-refractivity contribution in [3.05, 3.63) is 64.6 Å². The molecule has 2 N–H and O–H groups in total. The fourth-order valence-electron chi connectivity index (χ4n) is 3.67. The Hall–Kier alpha value is -2.17. The lowest BCUT2D eigenvalue weighted by molar-refractivity contribution is 0.282. The number of nitrogens with zero attached hydrogens (tertiary/aromatic N) is 2. The Morgan fingerprint density at radius 1 is 1.21 bits per heavy atom. The summed E-state index contributed by atoms with van der Waals surface area (Å²) in [5.74, 6) is 0. The number of aliphatic hydroxyl groups is 1. The van der Waals surface area contributed by atoms with Crippen LogP contribution in [-0.2, 0) is 32.5 Å². The molecule has 0 bridgehead atoms. The van der Waals surface area contributed by atoms with Gasteiger partial charge in [0.05, 0.1) is 6.61 Å². The van der Waals surface area contributed by atoms with Gasteiger partial charge in [-0.15, -0.1) is 0 Å². The lowest BCUT2D eigenvalue weighted by Gasteiger charge is -2.17. The molecule has 24 heavy (non-hydrogen) atoms. The van der Waals surface area contributed by atoms with Crippen LogP contribution >= 0.6 is 0 Å². The molecular weight excluding hydrogens is 298 g/mol. The second-order valence-electron chi connectivity index (χ2n) is 6.57. The summed E-state index contributed by atoms with van der Waals surface area (Å²) >= 11 is 0. The van der Waals surface area contributed by atoms with Crippen LogP contribution in [0.15, 0.2) is 36.5 Å². The number of hydrogen-bond acceptors (Lipinski definition) is 3. The summed E-state index contributed by atoms with van der Waals surface area (Å²) in [5, 5.41) is 14.2. The standard InChI is InChI=1S/C20H23N3O/c1-14-2-3-15(11-22-14)7-9-23-19-5-4-16(13-24)10-17(19)18-12-21-8-6-20(18)23/h2-5,10-11,21,24H,6-9,12-13H2,1H3. The van der Waals surface area contributed by atoms with Crippen molar-refractivity contribution in [3.63, 3.8) is 0 Å². The molecule has 0 saturated heterocycles. The number of aliphatic hydroxyl groups excluding tert-OH is 1. The molecule has 124 valence electrons. The lowest BCUT2D eigenvalue weighted by atomic mass is 10.0. The van der Waals surface area contributed by atoms with E-state index in [1.165, 1.54) is 27.7 Å². The van der Waals surface area contributed by atoms with Gasteiger partial charge in [-0.05, 0) is 48.2 Å². The topological polar surface area (TPSA) is 50.1 Å². The zero-order chi connectivity index (χ0) is 16.5. The van der Waals surface area contributed by atoms with E-state index in [1.54, 1.807) is 0 Å². The fourth-order valence-corrected chi connectivity index (χ4v) is 3.67. The Morgan fingerprint density at radius 2 is 2.08 bits per heavy atom. The number of rotatable bonds is 4. The molecule has 4 heteroatoms. The van der Waals surface area contributed by atoms with Gasteiger partial charge in [-0.1, -0.05) is 12.1 Å². The van der Waals surface area contributed by atoms with Crippen molar-refractivity contribution in [1.29, 1.82) is 0 Å². The third kappa shape index (κ3) is 2.72. The van der Waals surface area contributed by atoms with E-state index in [0.29, 0.717) is 0 Å². The average molecular weight is 321 g/mol. The summed E-state index contributed by atoms with van der Waals surface area (Å²) in [7, 11) is 0. The Balaban J connectivity index is 1.72. The maximum Gasteiger partial charge on any atom is 0.0682 e. The molecule has 0 fully saturated rings. The van der Waals surface area contributed by atoms with E-state index in [2.05, 4.69) is 39.1 Å². The molecule has 0 spiro atoms. The van der Waals surface area contributed by atoms with Crippen molar-refractivity contribution in [3.8, 4) is 0 Å². The molecule has 1 aliphatic heterocycles. The number of nitrogens with one attached hydrogen (secondary N) is 1. The van der Waals surface area contributed by atoms with Crippen LogP contribution < -0.4 is 5.32 Å². The Labute approximate surface area is 142 Å². The summed E-state index contributed by atoms with van der Waals surface area (Å²) in [6.07, 6.45) is 4.03. The monoisotopic (exact) mass is 321 g/mol. The van der Waals surface area contributed by atoms with Gasteiger partial charge in [0.25, 0.3) is 0 Å². The van der Waals surface area contributed by atoms with Crippen LogP contribution in [0.2, 0.25) is 0 Å². The Kier molecular flexibility index (Phi) is 4.08. The van der Waals surface area contributed by atoms with Crippen molar-refractivity contribution in [1.82, 2.24) is 14.9 Å². The number of aryl methyl sites for hydroxylation is 3. The predicted molar refractivity (Wildman–Crippen MR) is 95.9 cm³/mol. The molecule has 3 heterocycles. The molecule has 0 saturated carbocycles. The average Bonchev–Trinajstić information content (AvgIpc) is 2.94. The molecule has 4 nitrogen and oxygen atoms in total. The maximum absolute atomic E-state index is 9.45. The third-order valence-electron chi connectivity index (χ3n) is 4.97. The van der Waals surface area contributed by atoms with Crippen LogP contribution in [0.4, 0.5) is 0 Å². The number of fused-ring (bicyclic) bond motifs is 3. The molecule has 0 amide bonds. The normalized spacial score (nSPS) is 14.1. The molecule has 0 unspecified atom stereocenters.